The van der Waals surface area contributed by atoms with E-state index in [1.165, 1.54) is 0 Å². The Labute approximate surface area is 184 Å². The monoisotopic (exact) mass is 500 g/mol. The summed E-state index contributed by atoms with van der Waals surface area (Å²) in [4.78, 5) is 9.63. The van der Waals surface area contributed by atoms with Crippen LogP contribution in [0.25, 0.3) is 5.65 Å². The van der Waals surface area contributed by atoms with Crippen molar-refractivity contribution in [3.8, 4) is 0 Å². The number of guanidine groups is 1. The van der Waals surface area contributed by atoms with Gasteiger partial charge in [-0.3, -0.25) is 4.40 Å². The zero-order valence-electron chi connectivity index (χ0n) is 17.1. The van der Waals surface area contributed by atoms with Crippen LogP contribution < -0.4 is 10.6 Å². The lowest BCUT2D eigenvalue weighted by atomic mass is 10.1. The van der Waals surface area contributed by atoms with Crippen molar-refractivity contribution >= 4 is 35.6 Å². The van der Waals surface area contributed by atoms with Gasteiger partial charge in [0.2, 0.25) is 0 Å². The van der Waals surface area contributed by atoms with Gasteiger partial charge >= 0.3 is 0 Å². The Morgan fingerprint density at radius 3 is 2.71 bits per heavy atom. The minimum atomic E-state index is 0. The Morgan fingerprint density at radius 1 is 1.18 bits per heavy atom. The van der Waals surface area contributed by atoms with Crippen molar-refractivity contribution in [2.24, 2.45) is 10.9 Å². The van der Waals surface area contributed by atoms with E-state index in [0.29, 0.717) is 12.5 Å². The van der Waals surface area contributed by atoms with Gasteiger partial charge in [0.05, 0.1) is 0 Å². The SMILES string of the molecule is CCNC(=NCc1nnc2ccccn12)NCC(C)CN1CCN(C)CC1.I. The quantitative estimate of drug-likeness (QED) is 0.339. The molecule has 0 aromatic carbocycles. The molecule has 1 fully saturated rings. The third-order valence-corrected chi connectivity index (χ3v) is 4.89. The molecule has 9 heteroatoms. The maximum atomic E-state index is 4.69. The number of aliphatic imine (C=N–C) groups is 1. The molecule has 3 heterocycles. The normalized spacial score (nSPS) is 17.3. The highest BCUT2D eigenvalue weighted by atomic mass is 127. The average molecular weight is 500 g/mol. The second kappa shape index (κ2) is 11.5. The van der Waals surface area contributed by atoms with E-state index < -0.39 is 0 Å². The summed E-state index contributed by atoms with van der Waals surface area (Å²) in [5.74, 6) is 2.23. The molecular formula is C19H33IN8. The van der Waals surface area contributed by atoms with Crippen LogP contribution in [0.3, 0.4) is 0 Å². The Kier molecular flexibility index (Phi) is 9.39. The lowest BCUT2D eigenvalue weighted by Gasteiger charge is -2.34. The van der Waals surface area contributed by atoms with Gasteiger partial charge in [0.25, 0.3) is 0 Å². The van der Waals surface area contributed by atoms with Crippen molar-refractivity contribution in [1.29, 1.82) is 0 Å². The van der Waals surface area contributed by atoms with Gasteiger partial charge in [0.15, 0.2) is 17.4 Å². The molecule has 1 saturated heterocycles. The Bertz CT molecular complexity index is 738. The minimum Gasteiger partial charge on any atom is -0.357 e. The predicted octanol–water partition coefficient (Wildman–Crippen LogP) is 1.29. The maximum absolute atomic E-state index is 4.69. The molecule has 8 nitrogen and oxygen atoms in total. The van der Waals surface area contributed by atoms with E-state index in [2.05, 4.69) is 56.5 Å². The Balaban J connectivity index is 0.00000280. The van der Waals surface area contributed by atoms with Crippen LogP contribution in [0, 0.1) is 5.92 Å². The third-order valence-electron chi connectivity index (χ3n) is 4.89. The molecule has 0 spiro atoms. The molecule has 2 aromatic rings. The van der Waals surface area contributed by atoms with Crippen molar-refractivity contribution in [2.45, 2.75) is 20.4 Å². The average Bonchev–Trinajstić information content (AvgIpc) is 3.09. The molecule has 3 rings (SSSR count). The first-order chi connectivity index (χ1) is 13.2. The zero-order valence-corrected chi connectivity index (χ0v) is 19.5. The molecule has 0 bridgehead atoms. The fourth-order valence-electron chi connectivity index (χ4n) is 3.30. The largest absolute Gasteiger partial charge is 0.357 e. The van der Waals surface area contributed by atoms with E-state index in [4.69, 9.17) is 0 Å². The number of aromatic nitrogens is 3. The van der Waals surface area contributed by atoms with Gasteiger partial charge in [-0.25, -0.2) is 4.99 Å². The summed E-state index contributed by atoms with van der Waals surface area (Å²) in [6, 6.07) is 5.89. The predicted molar refractivity (Wildman–Crippen MR) is 124 cm³/mol. The smallest absolute Gasteiger partial charge is 0.191 e. The number of hydrogen-bond acceptors (Lipinski definition) is 5. The molecule has 2 aromatic heterocycles. The molecular weight excluding hydrogens is 467 g/mol. The molecule has 0 saturated carbocycles. The van der Waals surface area contributed by atoms with Gasteiger partial charge in [-0.1, -0.05) is 13.0 Å². The van der Waals surface area contributed by atoms with E-state index in [9.17, 15) is 0 Å². The van der Waals surface area contributed by atoms with E-state index in [1.807, 2.05) is 28.8 Å². The number of nitrogens with zero attached hydrogens (tertiary/aromatic N) is 6. The van der Waals surface area contributed by atoms with Gasteiger partial charge in [-0.2, -0.15) is 0 Å². The number of nitrogens with one attached hydrogen (secondary N) is 2. The van der Waals surface area contributed by atoms with Gasteiger partial charge in [-0.05, 0) is 32.0 Å². The Hall–Kier alpha value is -1.46. The maximum Gasteiger partial charge on any atom is 0.191 e. The topological polar surface area (TPSA) is 73.1 Å². The number of likely N-dealkylation sites (N-methyl/N-ethyl adjacent to an activating group) is 1. The number of pyridine rings is 1. The molecule has 1 unspecified atom stereocenters. The fraction of sp³-hybridized carbons (Fsp3) is 0.632. The first kappa shape index (κ1) is 22.8. The highest BCUT2D eigenvalue weighted by molar-refractivity contribution is 14.0. The number of rotatable bonds is 7. The molecule has 1 atom stereocenters. The summed E-state index contributed by atoms with van der Waals surface area (Å²) in [6.45, 7) is 12.4. The standard InChI is InChI=1S/C19H32N8.HI/c1-4-20-19(21-13-16(2)15-26-11-9-25(3)10-12-26)22-14-18-24-23-17-7-5-6-8-27(17)18;/h5-8,16H,4,9-15H2,1-3H3,(H2,20,21,22);1H. The molecule has 0 aliphatic carbocycles. The first-order valence-electron chi connectivity index (χ1n) is 9.87. The summed E-state index contributed by atoms with van der Waals surface area (Å²) in [5.41, 5.74) is 0.849. The molecule has 0 amide bonds. The highest BCUT2D eigenvalue weighted by Crippen LogP contribution is 2.05. The van der Waals surface area contributed by atoms with Crippen LogP contribution in [0.1, 0.15) is 19.7 Å². The van der Waals surface area contributed by atoms with E-state index in [-0.39, 0.29) is 24.0 Å². The van der Waals surface area contributed by atoms with Gasteiger partial charge in [0.1, 0.15) is 6.54 Å². The summed E-state index contributed by atoms with van der Waals surface area (Å²) < 4.78 is 1.98. The van der Waals surface area contributed by atoms with Crippen LogP contribution in [-0.2, 0) is 6.54 Å². The van der Waals surface area contributed by atoms with Crippen molar-refractivity contribution in [3.63, 3.8) is 0 Å². The minimum absolute atomic E-state index is 0. The first-order valence-corrected chi connectivity index (χ1v) is 9.87. The molecule has 1 aliphatic heterocycles. The van der Waals surface area contributed by atoms with Crippen LogP contribution in [0.5, 0.6) is 0 Å². The Morgan fingerprint density at radius 2 is 1.96 bits per heavy atom. The van der Waals surface area contributed by atoms with Crippen LogP contribution >= 0.6 is 24.0 Å². The highest BCUT2D eigenvalue weighted by Gasteiger charge is 2.16. The third kappa shape index (κ3) is 6.56. The zero-order chi connectivity index (χ0) is 19.1. The van der Waals surface area contributed by atoms with Crippen LogP contribution in [0.4, 0.5) is 0 Å². The number of halogens is 1. The lowest BCUT2D eigenvalue weighted by Crippen LogP contribution is -2.47. The molecule has 156 valence electrons. The van der Waals surface area contributed by atoms with Crippen LogP contribution in [0.2, 0.25) is 0 Å². The number of piperazine rings is 1. The number of fused-ring (bicyclic) bond motifs is 1. The molecule has 0 radical (unpaired) electrons. The van der Waals surface area contributed by atoms with Crippen molar-refractivity contribution in [2.75, 3.05) is 52.9 Å². The summed E-state index contributed by atoms with van der Waals surface area (Å²) in [7, 11) is 2.19. The second-order valence-electron chi connectivity index (χ2n) is 7.33. The van der Waals surface area contributed by atoms with Crippen molar-refractivity contribution in [3.05, 3.63) is 30.2 Å². The van der Waals surface area contributed by atoms with Gasteiger partial charge in [0, 0.05) is 52.0 Å². The van der Waals surface area contributed by atoms with Crippen molar-refractivity contribution in [1.82, 2.24) is 35.0 Å². The number of hydrogen-bond donors (Lipinski definition) is 2. The summed E-state index contributed by atoms with van der Waals surface area (Å²) >= 11 is 0. The summed E-state index contributed by atoms with van der Waals surface area (Å²) in [5, 5.41) is 15.2. The summed E-state index contributed by atoms with van der Waals surface area (Å²) in [6.07, 6.45) is 1.97. The van der Waals surface area contributed by atoms with Crippen molar-refractivity contribution < 1.29 is 0 Å². The van der Waals surface area contributed by atoms with E-state index in [0.717, 1.165) is 63.2 Å². The van der Waals surface area contributed by atoms with E-state index >= 15 is 0 Å². The second-order valence-corrected chi connectivity index (χ2v) is 7.33. The van der Waals surface area contributed by atoms with Gasteiger partial charge in [-0.15, -0.1) is 34.2 Å². The molecule has 28 heavy (non-hydrogen) atoms. The van der Waals surface area contributed by atoms with Crippen LogP contribution in [-0.4, -0.2) is 83.2 Å². The van der Waals surface area contributed by atoms with Crippen LogP contribution in [0.15, 0.2) is 29.4 Å². The molecule has 2 N–H and O–H groups in total. The molecule has 1 aliphatic rings. The van der Waals surface area contributed by atoms with E-state index in [1.54, 1.807) is 0 Å². The lowest BCUT2D eigenvalue weighted by molar-refractivity contribution is 0.139. The van der Waals surface area contributed by atoms with Gasteiger partial charge < -0.3 is 20.4 Å². The fourth-order valence-corrected chi connectivity index (χ4v) is 3.30.